The van der Waals surface area contributed by atoms with Gasteiger partial charge in [0.2, 0.25) is 0 Å². The normalized spacial score (nSPS) is 17.3. The first kappa shape index (κ1) is 17.0. The van der Waals surface area contributed by atoms with E-state index in [0.29, 0.717) is 17.9 Å². The maximum Gasteiger partial charge on any atom is 0.302 e. The topological polar surface area (TPSA) is 74.6 Å². The van der Waals surface area contributed by atoms with Crippen molar-refractivity contribution in [3.05, 3.63) is 60.2 Å². The Morgan fingerprint density at radius 2 is 1.89 bits per heavy atom. The van der Waals surface area contributed by atoms with Crippen molar-refractivity contribution >= 4 is 34.6 Å². The van der Waals surface area contributed by atoms with Crippen LogP contribution in [0.25, 0.3) is 0 Å². The fraction of sp³-hybridized carbons (Fsp3) is 0.200. The zero-order valence-corrected chi connectivity index (χ0v) is 14.8. The second kappa shape index (κ2) is 7.03. The van der Waals surface area contributed by atoms with E-state index in [4.69, 9.17) is 4.84 Å². The first-order valence-corrected chi connectivity index (χ1v) is 8.68. The Morgan fingerprint density at radius 1 is 1.15 bits per heavy atom. The van der Waals surface area contributed by atoms with E-state index in [9.17, 15) is 9.59 Å². The molecule has 4 rings (SSSR count). The predicted octanol–water partition coefficient (Wildman–Crippen LogP) is 2.37. The fourth-order valence-electron chi connectivity index (χ4n) is 3.17. The fourth-order valence-corrected chi connectivity index (χ4v) is 3.17. The Bertz CT molecular complexity index is 953. The number of amides is 2. The van der Waals surface area contributed by atoms with Crippen molar-refractivity contribution in [2.75, 3.05) is 23.1 Å². The van der Waals surface area contributed by atoms with Gasteiger partial charge < -0.3 is 9.74 Å². The Labute approximate surface area is 156 Å². The minimum Gasteiger partial charge on any atom is -0.385 e. The van der Waals surface area contributed by atoms with Crippen LogP contribution in [0.2, 0.25) is 0 Å². The van der Waals surface area contributed by atoms with E-state index in [2.05, 4.69) is 10.3 Å². The van der Waals surface area contributed by atoms with E-state index in [1.54, 1.807) is 24.0 Å². The summed E-state index contributed by atoms with van der Waals surface area (Å²) >= 11 is 0. The summed E-state index contributed by atoms with van der Waals surface area (Å²) in [4.78, 5) is 31.8. The molecule has 0 atom stereocenters. The molecule has 0 spiro atoms. The summed E-state index contributed by atoms with van der Waals surface area (Å²) in [6.45, 7) is 2.07. The monoisotopic (exact) mass is 362 g/mol. The Balaban J connectivity index is 1.41. The number of carbonyl (C=O) groups excluding carboxylic acids is 2. The van der Waals surface area contributed by atoms with Crippen molar-refractivity contribution < 1.29 is 14.4 Å². The van der Waals surface area contributed by atoms with Gasteiger partial charge in [0, 0.05) is 12.2 Å². The SMILES string of the molecule is CC1=NN(c2ccccc2)C(=O)/C1=N\OCC(=O)N1CCc2ccccc21. The molecule has 2 aliphatic rings. The number of oxime groups is 1. The molecule has 0 fully saturated rings. The van der Waals surface area contributed by atoms with Crippen LogP contribution in [-0.2, 0) is 20.8 Å². The van der Waals surface area contributed by atoms with Gasteiger partial charge in [-0.15, -0.1) is 0 Å². The van der Waals surface area contributed by atoms with Gasteiger partial charge in [0.15, 0.2) is 12.3 Å². The molecule has 0 N–H and O–H groups in total. The van der Waals surface area contributed by atoms with E-state index >= 15 is 0 Å². The second-order valence-corrected chi connectivity index (χ2v) is 6.28. The highest BCUT2D eigenvalue weighted by Crippen LogP contribution is 2.27. The number of fused-ring (bicyclic) bond motifs is 1. The number of hydrogen-bond donors (Lipinski definition) is 0. The largest absolute Gasteiger partial charge is 0.385 e. The molecule has 2 aromatic rings. The van der Waals surface area contributed by atoms with Gasteiger partial charge in [0.1, 0.15) is 0 Å². The molecule has 0 unspecified atom stereocenters. The third-order valence-corrected chi connectivity index (χ3v) is 4.52. The molecular weight excluding hydrogens is 344 g/mol. The molecule has 7 heteroatoms. The lowest BCUT2D eigenvalue weighted by Crippen LogP contribution is -2.32. The van der Waals surface area contributed by atoms with Crippen LogP contribution in [-0.4, -0.2) is 36.4 Å². The number of rotatable bonds is 4. The smallest absolute Gasteiger partial charge is 0.302 e. The van der Waals surface area contributed by atoms with Crippen molar-refractivity contribution in [1.82, 2.24) is 0 Å². The van der Waals surface area contributed by atoms with Gasteiger partial charge in [0.05, 0.1) is 11.4 Å². The van der Waals surface area contributed by atoms with Crippen LogP contribution in [0.4, 0.5) is 11.4 Å². The molecule has 2 heterocycles. The Kier molecular flexibility index (Phi) is 4.42. The number of carbonyl (C=O) groups is 2. The van der Waals surface area contributed by atoms with Crippen LogP contribution in [0.15, 0.2) is 64.9 Å². The van der Waals surface area contributed by atoms with E-state index in [0.717, 1.165) is 17.7 Å². The minimum absolute atomic E-state index is 0.105. The molecule has 0 radical (unpaired) electrons. The van der Waals surface area contributed by atoms with Crippen LogP contribution >= 0.6 is 0 Å². The molecule has 0 aromatic heterocycles. The summed E-state index contributed by atoms with van der Waals surface area (Å²) in [5.41, 5.74) is 3.25. The lowest BCUT2D eigenvalue weighted by atomic mass is 10.2. The van der Waals surface area contributed by atoms with E-state index < -0.39 is 0 Å². The molecule has 0 aliphatic carbocycles. The van der Waals surface area contributed by atoms with Crippen molar-refractivity contribution in [2.45, 2.75) is 13.3 Å². The van der Waals surface area contributed by atoms with Gasteiger partial charge in [-0.3, -0.25) is 9.59 Å². The first-order valence-electron chi connectivity index (χ1n) is 8.68. The molecule has 136 valence electrons. The Hall–Kier alpha value is -3.48. The number of anilines is 2. The van der Waals surface area contributed by atoms with Gasteiger partial charge in [-0.2, -0.15) is 10.1 Å². The maximum absolute atomic E-state index is 12.5. The molecule has 0 saturated carbocycles. The zero-order valence-electron chi connectivity index (χ0n) is 14.8. The van der Waals surface area contributed by atoms with Gasteiger partial charge in [-0.1, -0.05) is 41.6 Å². The zero-order chi connectivity index (χ0) is 18.8. The molecule has 0 bridgehead atoms. The lowest BCUT2D eigenvalue weighted by Gasteiger charge is -2.16. The lowest BCUT2D eigenvalue weighted by molar-refractivity contribution is -0.123. The first-order chi connectivity index (χ1) is 13.1. The number of hydrazone groups is 1. The average Bonchev–Trinajstić information content (AvgIpc) is 3.24. The molecule has 2 amide bonds. The minimum atomic E-state index is -0.377. The summed E-state index contributed by atoms with van der Waals surface area (Å²) in [5, 5.41) is 9.37. The highest BCUT2D eigenvalue weighted by Gasteiger charge is 2.31. The van der Waals surface area contributed by atoms with E-state index in [1.807, 2.05) is 42.5 Å². The van der Waals surface area contributed by atoms with Crippen LogP contribution < -0.4 is 9.91 Å². The third kappa shape index (κ3) is 3.19. The standard InChI is InChI=1S/C20H18N4O3/c1-14-19(20(26)24(21-14)16-8-3-2-4-9-16)22-27-13-18(25)23-12-11-15-7-5-6-10-17(15)23/h2-10H,11-13H2,1H3/b22-19-. The van der Waals surface area contributed by atoms with Crippen molar-refractivity contribution in [3.63, 3.8) is 0 Å². The Morgan fingerprint density at radius 3 is 2.70 bits per heavy atom. The van der Waals surface area contributed by atoms with Crippen molar-refractivity contribution in [3.8, 4) is 0 Å². The van der Waals surface area contributed by atoms with Gasteiger partial charge in [-0.25, -0.2) is 0 Å². The highest BCUT2D eigenvalue weighted by molar-refractivity contribution is 6.71. The number of benzene rings is 2. The van der Waals surface area contributed by atoms with Crippen LogP contribution in [0.1, 0.15) is 12.5 Å². The summed E-state index contributed by atoms with van der Waals surface area (Å²) in [6, 6.07) is 16.9. The molecule has 2 aliphatic heterocycles. The highest BCUT2D eigenvalue weighted by atomic mass is 16.6. The van der Waals surface area contributed by atoms with Crippen LogP contribution in [0.5, 0.6) is 0 Å². The van der Waals surface area contributed by atoms with Gasteiger partial charge in [0.25, 0.3) is 5.91 Å². The van der Waals surface area contributed by atoms with Crippen molar-refractivity contribution in [2.24, 2.45) is 10.3 Å². The number of hydrogen-bond acceptors (Lipinski definition) is 5. The quantitative estimate of drug-likeness (QED) is 0.784. The van der Waals surface area contributed by atoms with E-state index in [1.165, 1.54) is 5.01 Å². The van der Waals surface area contributed by atoms with Gasteiger partial charge in [-0.05, 0) is 37.1 Å². The van der Waals surface area contributed by atoms with Crippen LogP contribution in [0, 0.1) is 0 Å². The summed E-state index contributed by atoms with van der Waals surface area (Å²) < 4.78 is 0. The van der Waals surface area contributed by atoms with E-state index in [-0.39, 0.29) is 24.1 Å². The summed E-state index contributed by atoms with van der Waals surface area (Å²) in [5.74, 6) is -0.568. The number of nitrogens with zero attached hydrogens (tertiary/aromatic N) is 4. The molecule has 0 saturated heterocycles. The van der Waals surface area contributed by atoms with Gasteiger partial charge >= 0.3 is 5.91 Å². The van der Waals surface area contributed by atoms with Crippen LogP contribution in [0.3, 0.4) is 0 Å². The summed E-state index contributed by atoms with van der Waals surface area (Å²) in [7, 11) is 0. The molecule has 27 heavy (non-hydrogen) atoms. The average molecular weight is 362 g/mol. The molecule has 2 aromatic carbocycles. The summed E-state index contributed by atoms with van der Waals surface area (Å²) in [6.07, 6.45) is 0.826. The van der Waals surface area contributed by atoms with Crippen molar-refractivity contribution in [1.29, 1.82) is 0 Å². The molecular formula is C20H18N4O3. The molecule has 7 nitrogen and oxygen atoms in total. The third-order valence-electron chi connectivity index (χ3n) is 4.52. The second-order valence-electron chi connectivity index (χ2n) is 6.28. The maximum atomic E-state index is 12.5. The predicted molar refractivity (Wildman–Crippen MR) is 103 cm³/mol. The number of para-hydroxylation sites is 2.